The van der Waals surface area contributed by atoms with Gasteiger partial charge >= 0.3 is 0 Å². The fraction of sp³-hybridized carbons (Fsp3) is 0.375. The quantitative estimate of drug-likeness (QED) is 0.387. The molecule has 1 aliphatic rings. The summed E-state index contributed by atoms with van der Waals surface area (Å²) in [5.41, 5.74) is 5.76. The highest BCUT2D eigenvalue weighted by atomic mass is 32.1. The number of imidazole rings is 1. The van der Waals surface area contributed by atoms with Gasteiger partial charge < -0.3 is 15.6 Å². The molecular formula is C24H28N6O2S. The number of H-pyrrole nitrogens is 1. The Hall–Kier alpha value is -3.33. The van der Waals surface area contributed by atoms with Crippen LogP contribution in [0, 0.1) is 0 Å². The Morgan fingerprint density at radius 2 is 2.12 bits per heavy atom. The topological polar surface area (TPSA) is 112 Å². The molecule has 1 atom stereocenters. The number of aliphatic imine (C=N–C) groups is 1. The first-order valence-corrected chi connectivity index (χ1v) is 12.1. The molecule has 1 aromatic carbocycles. The number of aromatic amines is 1. The molecule has 0 radical (unpaired) electrons. The maximum absolute atomic E-state index is 12.7. The number of aryl methyl sites for hydroxylation is 1. The Bertz CT molecular complexity index is 1120. The molecule has 4 rings (SSSR count). The molecule has 3 N–H and O–H groups in total. The first kappa shape index (κ1) is 22.8. The second-order valence-corrected chi connectivity index (χ2v) is 8.90. The number of rotatable bonds is 10. The van der Waals surface area contributed by atoms with Crippen molar-refractivity contribution in [1.82, 2.24) is 25.6 Å². The minimum Gasteiger partial charge on any atom is -0.359 e. The van der Waals surface area contributed by atoms with E-state index in [1.54, 1.807) is 18.8 Å². The summed E-state index contributed by atoms with van der Waals surface area (Å²) in [6.45, 7) is 0. The van der Waals surface area contributed by atoms with Crippen molar-refractivity contribution in [3.8, 4) is 11.3 Å². The second-order valence-electron chi connectivity index (χ2n) is 8.01. The molecule has 2 amide bonds. The summed E-state index contributed by atoms with van der Waals surface area (Å²) in [5, 5.41) is 5.75. The number of aromatic nitrogens is 3. The molecule has 172 valence electrons. The van der Waals surface area contributed by atoms with Crippen LogP contribution in [0.25, 0.3) is 11.3 Å². The smallest absolute Gasteiger partial charge is 0.263 e. The molecule has 1 aliphatic heterocycles. The number of thiazole rings is 1. The van der Waals surface area contributed by atoms with Crippen molar-refractivity contribution in [1.29, 1.82) is 0 Å². The lowest BCUT2D eigenvalue weighted by Crippen LogP contribution is -2.28. The predicted molar refractivity (Wildman–Crippen MR) is 130 cm³/mol. The summed E-state index contributed by atoms with van der Waals surface area (Å²) in [5.74, 6) is 0.605. The molecule has 0 saturated heterocycles. The monoisotopic (exact) mass is 464 g/mol. The number of hydrogen-bond acceptors (Lipinski definition) is 6. The van der Waals surface area contributed by atoms with Gasteiger partial charge in [0.25, 0.3) is 5.91 Å². The Labute approximate surface area is 197 Å². The van der Waals surface area contributed by atoms with Crippen LogP contribution in [-0.2, 0) is 11.2 Å². The van der Waals surface area contributed by atoms with Crippen molar-refractivity contribution in [2.45, 2.75) is 51.0 Å². The van der Waals surface area contributed by atoms with E-state index in [0.29, 0.717) is 17.1 Å². The van der Waals surface area contributed by atoms with Crippen molar-refractivity contribution in [3.05, 3.63) is 52.4 Å². The number of benzene rings is 1. The van der Waals surface area contributed by atoms with Crippen LogP contribution < -0.4 is 10.6 Å². The molecule has 0 aliphatic carbocycles. The van der Waals surface area contributed by atoms with Crippen LogP contribution >= 0.6 is 11.3 Å². The van der Waals surface area contributed by atoms with Crippen LogP contribution in [0.1, 0.15) is 65.6 Å². The van der Waals surface area contributed by atoms with E-state index in [4.69, 9.17) is 0 Å². The third kappa shape index (κ3) is 5.73. The summed E-state index contributed by atoms with van der Waals surface area (Å²) in [6.07, 6.45) is 11.1. The highest BCUT2D eigenvalue weighted by Gasteiger charge is 2.21. The molecule has 3 heterocycles. The van der Waals surface area contributed by atoms with Crippen molar-refractivity contribution in [2.24, 2.45) is 4.99 Å². The van der Waals surface area contributed by atoms with Crippen molar-refractivity contribution >= 4 is 35.1 Å². The van der Waals surface area contributed by atoms with Gasteiger partial charge in [-0.2, -0.15) is 0 Å². The van der Waals surface area contributed by atoms with Gasteiger partial charge in [0.2, 0.25) is 5.91 Å². The minimum absolute atomic E-state index is 0.0505. The maximum atomic E-state index is 12.7. The number of unbranched alkanes of at least 4 members (excludes halogenated alkanes) is 2. The summed E-state index contributed by atoms with van der Waals surface area (Å²) < 4.78 is 0. The molecule has 0 unspecified atom stereocenters. The van der Waals surface area contributed by atoms with Gasteiger partial charge in [-0.3, -0.25) is 19.6 Å². The third-order valence-electron chi connectivity index (χ3n) is 5.74. The molecule has 33 heavy (non-hydrogen) atoms. The molecule has 0 bridgehead atoms. The van der Waals surface area contributed by atoms with Crippen LogP contribution in [0.2, 0.25) is 0 Å². The van der Waals surface area contributed by atoms with Crippen molar-refractivity contribution in [3.63, 3.8) is 0 Å². The molecule has 0 saturated carbocycles. The SMILES string of the molecule is CNC(=O)CCCCC[C@H](NC(=O)c1cncs1)c1ncc(-c2cccc3c2N=CCC3)[nH]1. The summed E-state index contributed by atoms with van der Waals surface area (Å²) >= 11 is 1.31. The lowest BCUT2D eigenvalue weighted by Gasteiger charge is -2.17. The lowest BCUT2D eigenvalue weighted by atomic mass is 10.00. The third-order valence-corrected chi connectivity index (χ3v) is 6.51. The zero-order valence-corrected chi connectivity index (χ0v) is 19.5. The average molecular weight is 465 g/mol. The van der Waals surface area contributed by atoms with E-state index in [0.717, 1.165) is 55.5 Å². The van der Waals surface area contributed by atoms with Gasteiger partial charge in [-0.15, -0.1) is 11.3 Å². The van der Waals surface area contributed by atoms with Crippen LogP contribution in [0.5, 0.6) is 0 Å². The molecule has 3 aromatic rings. The van der Waals surface area contributed by atoms with Gasteiger partial charge in [-0.1, -0.05) is 31.0 Å². The molecule has 9 heteroatoms. The van der Waals surface area contributed by atoms with Gasteiger partial charge in [0, 0.05) is 25.2 Å². The number of hydrogen-bond donors (Lipinski definition) is 3. The van der Waals surface area contributed by atoms with Gasteiger partial charge in [0.15, 0.2) is 0 Å². The van der Waals surface area contributed by atoms with Crippen LogP contribution in [0.4, 0.5) is 5.69 Å². The molecular weight excluding hydrogens is 436 g/mol. The highest BCUT2D eigenvalue weighted by molar-refractivity contribution is 7.11. The van der Waals surface area contributed by atoms with E-state index in [2.05, 4.69) is 36.6 Å². The van der Waals surface area contributed by atoms with E-state index in [9.17, 15) is 9.59 Å². The number of amides is 2. The zero-order valence-electron chi connectivity index (χ0n) is 18.6. The number of nitrogens with one attached hydrogen (secondary N) is 3. The Morgan fingerprint density at radius 3 is 2.94 bits per heavy atom. The van der Waals surface area contributed by atoms with Gasteiger partial charge in [0.1, 0.15) is 10.7 Å². The molecule has 0 spiro atoms. The largest absolute Gasteiger partial charge is 0.359 e. The zero-order chi connectivity index (χ0) is 23.0. The van der Waals surface area contributed by atoms with Crippen molar-refractivity contribution < 1.29 is 9.59 Å². The highest BCUT2D eigenvalue weighted by Crippen LogP contribution is 2.35. The van der Waals surface area contributed by atoms with E-state index in [-0.39, 0.29) is 17.9 Å². The Morgan fingerprint density at radius 1 is 1.21 bits per heavy atom. The normalized spacial score (nSPS) is 13.4. The van der Waals surface area contributed by atoms with Crippen LogP contribution in [-0.4, -0.2) is 40.0 Å². The Balaban J connectivity index is 1.49. The number of fused-ring (bicyclic) bond motifs is 1. The first-order valence-electron chi connectivity index (χ1n) is 11.3. The summed E-state index contributed by atoms with van der Waals surface area (Å²) in [7, 11) is 1.65. The van der Waals surface area contributed by atoms with Crippen LogP contribution in [0.3, 0.4) is 0 Å². The lowest BCUT2D eigenvalue weighted by molar-refractivity contribution is -0.120. The minimum atomic E-state index is -0.267. The van der Waals surface area contributed by atoms with Crippen molar-refractivity contribution in [2.75, 3.05) is 7.05 Å². The summed E-state index contributed by atoms with van der Waals surface area (Å²) in [6, 6.07) is 5.94. The van der Waals surface area contributed by atoms with E-state index in [1.807, 2.05) is 24.5 Å². The molecule has 0 fully saturated rings. The fourth-order valence-corrected chi connectivity index (χ4v) is 4.48. The number of nitrogens with zero attached hydrogens (tertiary/aromatic N) is 3. The molecule has 2 aromatic heterocycles. The van der Waals surface area contributed by atoms with E-state index in [1.165, 1.54) is 16.9 Å². The molecule has 8 nitrogen and oxygen atoms in total. The maximum Gasteiger partial charge on any atom is 0.263 e. The van der Waals surface area contributed by atoms with E-state index >= 15 is 0 Å². The number of carbonyl (C=O) groups is 2. The predicted octanol–water partition coefficient (Wildman–Crippen LogP) is 4.35. The van der Waals surface area contributed by atoms with Crippen LogP contribution in [0.15, 0.2) is 41.1 Å². The van der Waals surface area contributed by atoms with Gasteiger partial charge in [-0.05, 0) is 31.2 Å². The van der Waals surface area contributed by atoms with Gasteiger partial charge in [-0.25, -0.2) is 4.98 Å². The first-order chi connectivity index (χ1) is 16.2. The standard InChI is InChI=1S/C24H28N6O2S/c1-25-21(31)11-4-2-3-10-18(30-24(32)20-14-26-15-33-20)23-28-13-19(29-23)17-9-5-7-16-8-6-12-27-22(16)17/h5,7,9,12-15,18H,2-4,6,8,10-11H2,1H3,(H,25,31)(H,28,29)(H,30,32)/t18-/m0/s1. The number of carbonyl (C=O) groups excluding carboxylic acids is 2. The second kappa shape index (κ2) is 11.0. The average Bonchev–Trinajstić information content (AvgIpc) is 3.55. The van der Waals surface area contributed by atoms with Gasteiger partial charge in [0.05, 0.1) is 35.3 Å². The Kier molecular flexibility index (Phi) is 7.62. The fourth-order valence-electron chi connectivity index (χ4n) is 3.96. The summed E-state index contributed by atoms with van der Waals surface area (Å²) in [4.78, 5) is 41.4. The van der Waals surface area contributed by atoms with E-state index < -0.39 is 0 Å². The number of para-hydroxylation sites is 1.